The third-order valence-electron chi connectivity index (χ3n) is 4.70. The molecule has 0 radical (unpaired) electrons. The lowest BCUT2D eigenvalue weighted by atomic mass is 10.1. The number of halogens is 1. The highest BCUT2D eigenvalue weighted by molar-refractivity contribution is 14.0. The van der Waals surface area contributed by atoms with Crippen molar-refractivity contribution in [2.45, 2.75) is 46.2 Å². The molecule has 1 aliphatic rings. The lowest BCUT2D eigenvalue weighted by molar-refractivity contribution is -0.128. The van der Waals surface area contributed by atoms with Gasteiger partial charge in [0.2, 0.25) is 5.91 Å². The molecule has 0 bridgehead atoms. The predicted molar refractivity (Wildman–Crippen MR) is 125 cm³/mol. The van der Waals surface area contributed by atoms with Crippen LogP contribution in [0.1, 0.15) is 44.2 Å². The van der Waals surface area contributed by atoms with Crippen molar-refractivity contribution in [3.8, 4) is 0 Å². The van der Waals surface area contributed by atoms with Gasteiger partial charge in [0, 0.05) is 46.3 Å². The number of nitrogens with one attached hydrogen (secondary N) is 2. The molecule has 0 aromatic heterocycles. The van der Waals surface area contributed by atoms with Crippen LogP contribution in [-0.4, -0.2) is 50.1 Å². The highest BCUT2D eigenvalue weighted by Gasteiger charge is 2.20. The number of guanidine groups is 1. The van der Waals surface area contributed by atoms with Gasteiger partial charge < -0.3 is 20.3 Å². The lowest BCUT2D eigenvalue weighted by Gasteiger charge is -2.19. The first-order valence-electron chi connectivity index (χ1n) is 9.97. The molecule has 158 valence electrons. The molecule has 0 spiro atoms. The molecule has 6 nitrogen and oxygen atoms in total. The summed E-state index contributed by atoms with van der Waals surface area (Å²) in [5, 5.41) is 6.63. The fourth-order valence-corrected chi connectivity index (χ4v) is 3.02. The summed E-state index contributed by atoms with van der Waals surface area (Å²) in [4.78, 5) is 18.1. The Morgan fingerprint density at radius 1 is 1.21 bits per heavy atom. The number of rotatable bonds is 10. The average molecular weight is 502 g/mol. The van der Waals surface area contributed by atoms with Crippen LogP contribution in [0.3, 0.4) is 0 Å². The van der Waals surface area contributed by atoms with E-state index in [-0.39, 0.29) is 29.9 Å². The van der Waals surface area contributed by atoms with Gasteiger partial charge in [-0.15, -0.1) is 24.0 Å². The second-order valence-electron chi connectivity index (χ2n) is 7.33. The molecular formula is C21H35IN4O2. The average Bonchev–Trinajstić information content (AvgIpc) is 3.06. The molecule has 0 aliphatic carbocycles. The largest absolute Gasteiger partial charge is 0.380 e. The van der Waals surface area contributed by atoms with Crippen LogP contribution in [0.15, 0.2) is 29.3 Å². The number of benzene rings is 1. The van der Waals surface area contributed by atoms with Gasteiger partial charge in [0.05, 0.1) is 6.61 Å². The topological polar surface area (TPSA) is 66.0 Å². The maximum Gasteiger partial charge on any atom is 0.222 e. The predicted octanol–water partition coefficient (Wildman–Crippen LogP) is 3.15. The number of hydrogen-bond acceptors (Lipinski definition) is 3. The van der Waals surface area contributed by atoms with Gasteiger partial charge in [0.1, 0.15) is 0 Å². The molecule has 2 N–H and O–H groups in total. The zero-order valence-corrected chi connectivity index (χ0v) is 19.7. The van der Waals surface area contributed by atoms with Gasteiger partial charge in [-0.1, -0.05) is 38.1 Å². The van der Waals surface area contributed by atoms with Gasteiger partial charge in [-0.25, -0.2) is 0 Å². The molecule has 0 unspecified atom stereocenters. The van der Waals surface area contributed by atoms with Crippen molar-refractivity contribution in [2.75, 3.05) is 33.4 Å². The molecule has 1 aromatic carbocycles. The highest BCUT2D eigenvalue weighted by atomic mass is 127. The Hall–Kier alpha value is -1.35. The van der Waals surface area contributed by atoms with Crippen LogP contribution in [0.2, 0.25) is 0 Å². The minimum Gasteiger partial charge on any atom is -0.380 e. The monoisotopic (exact) mass is 502 g/mol. The van der Waals surface area contributed by atoms with Crippen molar-refractivity contribution < 1.29 is 9.53 Å². The molecule has 0 atom stereocenters. The summed E-state index contributed by atoms with van der Waals surface area (Å²) < 4.78 is 5.62. The van der Waals surface area contributed by atoms with Crippen LogP contribution in [-0.2, 0) is 22.6 Å². The van der Waals surface area contributed by atoms with Gasteiger partial charge >= 0.3 is 0 Å². The number of ether oxygens (including phenoxy) is 1. The second-order valence-corrected chi connectivity index (χ2v) is 7.33. The number of aliphatic imine (C=N–C) groups is 1. The minimum absolute atomic E-state index is 0. The van der Waals surface area contributed by atoms with E-state index in [1.807, 2.05) is 17.0 Å². The van der Waals surface area contributed by atoms with E-state index >= 15 is 0 Å². The summed E-state index contributed by atoms with van der Waals surface area (Å²) >= 11 is 0. The molecule has 0 saturated carbocycles. The first kappa shape index (κ1) is 24.7. The van der Waals surface area contributed by atoms with E-state index < -0.39 is 0 Å². The molecule has 1 aliphatic heterocycles. The second kappa shape index (κ2) is 13.8. The number of carbonyl (C=O) groups is 1. The fraction of sp³-hybridized carbons (Fsp3) is 0.619. The van der Waals surface area contributed by atoms with Crippen LogP contribution in [0.5, 0.6) is 0 Å². The van der Waals surface area contributed by atoms with E-state index in [1.54, 1.807) is 7.05 Å². The van der Waals surface area contributed by atoms with Gasteiger partial charge in [-0.05, 0) is 29.9 Å². The Labute approximate surface area is 186 Å². The van der Waals surface area contributed by atoms with E-state index in [2.05, 4.69) is 41.6 Å². The molecule has 2 rings (SSSR count). The normalized spacial score (nSPS) is 14.4. The third kappa shape index (κ3) is 8.77. The number of hydrogen-bond donors (Lipinski definition) is 2. The maximum absolute atomic E-state index is 11.9. The lowest BCUT2D eigenvalue weighted by Crippen LogP contribution is -2.38. The van der Waals surface area contributed by atoms with Crippen LogP contribution < -0.4 is 10.6 Å². The van der Waals surface area contributed by atoms with Crippen LogP contribution in [0.25, 0.3) is 0 Å². The molecule has 1 aromatic rings. The van der Waals surface area contributed by atoms with Crippen molar-refractivity contribution in [1.29, 1.82) is 0 Å². The zero-order chi connectivity index (χ0) is 19.5. The van der Waals surface area contributed by atoms with Gasteiger partial charge in [0.25, 0.3) is 0 Å². The van der Waals surface area contributed by atoms with Crippen molar-refractivity contribution >= 4 is 35.8 Å². The molecule has 28 heavy (non-hydrogen) atoms. The molecule has 7 heteroatoms. The Kier molecular flexibility index (Phi) is 12.1. The first-order chi connectivity index (χ1) is 13.1. The van der Waals surface area contributed by atoms with E-state index in [9.17, 15) is 4.79 Å². The number of likely N-dealkylation sites (tertiary alicyclic amines) is 1. The van der Waals surface area contributed by atoms with Gasteiger partial charge in [0.15, 0.2) is 5.96 Å². The van der Waals surface area contributed by atoms with E-state index in [4.69, 9.17) is 4.74 Å². The maximum atomic E-state index is 11.9. The smallest absolute Gasteiger partial charge is 0.222 e. The molecular weight excluding hydrogens is 467 g/mol. The van der Waals surface area contributed by atoms with Crippen LogP contribution >= 0.6 is 24.0 Å². The molecule has 1 heterocycles. The van der Waals surface area contributed by atoms with Crippen molar-refractivity contribution in [3.63, 3.8) is 0 Å². The van der Waals surface area contributed by atoms with E-state index in [1.165, 1.54) is 11.1 Å². The number of nitrogens with zero attached hydrogens (tertiary/aromatic N) is 2. The fourth-order valence-electron chi connectivity index (χ4n) is 3.02. The Balaban J connectivity index is 0.00000392. The Bertz CT molecular complexity index is 622. The quantitative estimate of drug-likeness (QED) is 0.223. The van der Waals surface area contributed by atoms with E-state index in [0.29, 0.717) is 32.0 Å². The van der Waals surface area contributed by atoms with Crippen molar-refractivity contribution in [3.05, 3.63) is 35.4 Å². The number of amides is 1. The van der Waals surface area contributed by atoms with Gasteiger partial charge in [-0.2, -0.15) is 0 Å². The SMILES string of the molecule is CN=C(NCCOCCC(C)C)NCc1ccccc1CN1CCCC1=O.I. The first-order valence-corrected chi connectivity index (χ1v) is 9.97. The third-order valence-corrected chi connectivity index (χ3v) is 4.70. The van der Waals surface area contributed by atoms with E-state index in [0.717, 1.165) is 38.5 Å². The Morgan fingerprint density at radius 2 is 1.96 bits per heavy atom. The van der Waals surface area contributed by atoms with Crippen LogP contribution in [0.4, 0.5) is 0 Å². The minimum atomic E-state index is 0. The van der Waals surface area contributed by atoms with Crippen molar-refractivity contribution in [1.82, 2.24) is 15.5 Å². The molecule has 1 amide bonds. The van der Waals surface area contributed by atoms with Crippen LogP contribution in [0, 0.1) is 5.92 Å². The highest BCUT2D eigenvalue weighted by Crippen LogP contribution is 2.17. The summed E-state index contributed by atoms with van der Waals surface area (Å²) in [7, 11) is 1.77. The standard InChI is InChI=1S/C21H34N4O2.HI/c1-17(2)10-13-27-14-11-23-21(22-3)24-15-18-7-4-5-8-19(18)16-25-12-6-9-20(25)26;/h4-5,7-8,17H,6,9-16H2,1-3H3,(H2,22,23,24);1H. The van der Waals surface area contributed by atoms with Crippen molar-refractivity contribution in [2.24, 2.45) is 10.9 Å². The zero-order valence-electron chi connectivity index (χ0n) is 17.4. The molecule has 1 saturated heterocycles. The summed E-state index contributed by atoms with van der Waals surface area (Å²) in [5.74, 6) is 1.69. The Morgan fingerprint density at radius 3 is 2.61 bits per heavy atom. The number of carbonyl (C=O) groups excluding carboxylic acids is 1. The summed E-state index contributed by atoms with van der Waals surface area (Å²) in [5.41, 5.74) is 2.38. The summed E-state index contributed by atoms with van der Waals surface area (Å²) in [6, 6.07) is 8.26. The summed E-state index contributed by atoms with van der Waals surface area (Å²) in [6.07, 6.45) is 2.73. The summed E-state index contributed by atoms with van der Waals surface area (Å²) in [6.45, 7) is 8.81. The molecule has 1 fully saturated rings. The van der Waals surface area contributed by atoms with Gasteiger partial charge in [-0.3, -0.25) is 9.79 Å².